The zero-order valence-electron chi connectivity index (χ0n) is 11.7. The Hall–Kier alpha value is -1.82. The van der Waals surface area contributed by atoms with Gasteiger partial charge in [-0.25, -0.2) is 0 Å². The summed E-state index contributed by atoms with van der Waals surface area (Å²) in [7, 11) is 0. The number of benzene rings is 1. The van der Waals surface area contributed by atoms with Gasteiger partial charge in [0.1, 0.15) is 0 Å². The van der Waals surface area contributed by atoms with Crippen molar-refractivity contribution >= 4 is 27.5 Å². The van der Waals surface area contributed by atoms with E-state index in [9.17, 15) is 4.79 Å². The van der Waals surface area contributed by atoms with Gasteiger partial charge in [-0.05, 0) is 37.5 Å². The number of aromatic amines is 1. The Morgan fingerprint density at radius 1 is 1.43 bits per heavy atom. The molecule has 1 aliphatic rings. The Balaban J connectivity index is 1.72. The monoisotopic (exact) mass is 348 g/mol. The number of nitrogens with two attached hydrogens (primary N) is 1. The summed E-state index contributed by atoms with van der Waals surface area (Å²) < 4.78 is 1.01. The molecule has 0 spiro atoms. The smallest absolute Gasteiger partial charge is 0.274 e. The van der Waals surface area contributed by atoms with Gasteiger partial charge in [-0.15, -0.1) is 0 Å². The fourth-order valence-corrected chi connectivity index (χ4v) is 2.58. The topological polar surface area (TPSA) is 83.8 Å². The molecule has 1 aromatic heterocycles. The number of hydrogen-bond donors (Lipinski definition) is 3. The number of nitrogens with zero attached hydrogens (tertiary/aromatic N) is 1. The van der Waals surface area contributed by atoms with E-state index in [1.54, 1.807) is 0 Å². The molecule has 6 heteroatoms. The highest BCUT2D eigenvalue weighted by molar-refractivity contribution is 9.10. The Morgan fingerprint density at radius 3 is 2.71 bits per heavy atom. The summed E-state index contributed by atoms with van der Waals surface area (Å²) in [5, 5.41) is 9.89. The standard InChI is InChI=1S/C15H17BrN4O/c1-8(9-4-6-11(16)7-5-9)18-15(21)14-12(17)13(19-20-14)10-2-3-10/h4-8,10H,2-3,17H2,1H3,(H,18,21)(H,19,20). The molecule has 4 N–H and O–H groups in total. The van der Waals surface area contributed by atoms with Gasteiger partial charge in [0, 0.05) is 10.4 Å². The molecule has 1 aliphatic carbocycles. The van der Waals surface area contributed by atoms with Gasteiger partial charge in [0.25, 0.3) is 5.91 Å². The van der Waals surface area contributed by atoms with Crippen LogP contribution in [0.2, 0.25) is 0 Å². The molecule has 3 rings (SSSR count). The SMILES string of the molecule is CC(NC(=O)c1n[nH]c(C2CC2)c1N)c1ccc(Br)cc1. The highest BCUT2D eigenvalue weighted by Crippen LogP contribution is 2.42. The Morgan fingerprint density at radius 2 is 2.10 bits per heavy atom. The van der Waals surface area contributed by atoms with Crippen LogP contribution < -0.4 is 11.1 Å². The van der Waals surface area contributed by atoms with E-state index in [-0.39, 0.29) is 11.9 Å². The highest BCUT2D eigenvalue weighted by atomic mass is 79.9. The zero-order chi connectivity index (χ0) is 15.0. The number of carbonyl (C=O) groups is 1. The second kappa shape index (κ2) is 5.52. The minimum Gasteiger partial charge on any atom is -0.395 e. The minimum absolute atomic E-state index is 0.105. The van der Waals surface area contributed by atoms with Gasteiger partial charge in [0.2, 0.25) is 0 Å². The summed E-state index contributed by atoms with van der Waals surface area (Å²) in [6.07, 6.45) is 2.23. The van der Waals surface area contributed by atoms with E-state index in [1.807, 2.05) is 31.2 Å². The minimum atomic E-state index is -0.244. The number of halogens is 1. The van der Waals surface area contributed by atoms with Crippen LogP contribution in [-0.4, -0.2) is 16.1 Å². The first-order valence-electron chi connectivity index (χ1n) is 6.96. The van der Waals surface area contributed by atoms with E-state index in [1.165, 1.54) is 0 Å². The maximum absolute atomic E-state index is 12.3. The van der Waals surface area contributed by atoms with Crippen LogP contribution in [0, 0.1) is 0 Å². The van der Waals surface area contributed by atoms with Crippen molar-refractivity contribution in [3.63, 3.8) is 0 Å². The van der Waals surface area contributed by atoms with Crippen molar-refractivity contribution in [2.75, 3.05) is 5.73 Å². The van der Waals surface area contributed by atoms with E-state index in [2.05, 4.69) is 31.4 Å². The number of nitrogen functional groups attached to an aromatic ring is 1. The number of amides is 1. The molecule has 0 aliphatic heterocycles. The number of H-pyrrole nitrogens is 1. The van der Waals surface area contributed by atoms with E-state index in [4.69, 9.17) is 5.73 Å². The highest BCUT2D eigenvalue weighted by Gasteiger charge is 2.30. The van der Waals surface area contributed by atoms with Gasteiger partial charge in [0.15, 0.2) is 5.69 Å². The van der Waals surface area contributed by atoms with Crippen molar-refractivity contribution in [1.82, 2.24) is 15.5 Å². The Labute approximate surface area is 131 Å². The molecule has 110 valence electrons. The molecule has 0 radical (unpaired) electrons. The predicted molar refractivity (Wildman–Crippen MR) is 85.0 cm³/mol. The third kappa shape index (κ3) is 2.95. The van der Waals surface area contributed by atoms with Gasteiger partial charge in [0.05, 0.1) is 17.4 Å². The number of hydrogen-bond acceptors (Lipinski definition) is 3. The second-order valence-corrected chi connectivity index (χ2v) is 6.34. The van der Waals surface area contributed by atoms with E-state index in [0.29, 0.717) is 17.3 Å². The molecule has 2 aromatic rings. The molecule has 0 bridgehead atoms. The molecule has 1 amide bonds. The van der Waals surface area contributed by atoms with Crippen LogP contribution in [0.25, 0.3) is 0 Å². The number of carbonyl (C=O) groups excluding carboxylic acids is 1. The lowest BCUT2D eigenvalue weighted by Gasteiger charge is -2.13. The van der Waals surface area contributed by atoms with Crippen molar-refractivity contribution < 1.29 is 4.79 Å². The first-order chi connectivity index (χ1) is 10.1. The molecule has 21 heavy (non-hydrogen) atoms. The van der Waals surface area contributed by atoms with Crippen LogP contribution >= 0.6 is 15.9 Å². The summed E-state index contributed by atoms with van der Waals surface area (Å²) in [6.45, 7) is 1.94. The Bertz CT molecular complexity index is 661. The third-order valence-electron chi connectivity index (χ3n) is 3.75. The Kier molecular flexibility index (Phi) is 3.71. The maximum atomic E-state index is 12.3. The van der Waals surface area contributed by atoms with Crippen LogP contribution in [0.4, 0.5) is 5.69 Å². The quantitative estimate of drug-likeness (QED) is 0.793. The molecule has 1 heterocycles. The van der Waals surface area contributed by atoms with Crippen molar-refractivity contribution in [2.45, 2.75) is 31.7 Å². The second-order valence-electron chi connectivity index (χ2n) is 5.42. The molecule has 1 fully saturated rings. The number of nitrogens with one attached hydrogen (secondary N) is 2. The maximum Gasteiger partial charge on any atom is 0.274 e. The molecule has 0 saturated heterocycles. The number of anilines is 1. The summed E-state index contributed by atoms with van der Waals surface area (Å²) in [5.74, 6) is 0.203. The lowest BCUT2D eigenvalue weighted by atomic mass is 10.1. The van der Waals surface area contributed by atoms with Gasteiger partial charge < -0.3 is 11.1 Å². The summed E-state index contributed by atoms with van der Waals surface area (Å²) >= 11 is 3.40. The van der Waals surface area contributed by atoms with E-state index >= 15 is 0 Å². The van der Waals surface area contributed by atoms with E-state index in [0.717, 1.165) is 28.6 Å². The molecule has 1 unspecified atom stereocenters. The van der Waals surface area contributed by atoms with Crippen LogP contribution in [0.15, 0.2) is 28.7 Å². The van der Waals surface area contributed by atoms with Crippen molar-refractivity contribution in [1.29, 1.82) is 0 Å². The summed E-state index contributed by atoms with van der Waals surface area (Å²) in [5.41, 5.74) is 8.73. The van der Waals surface area contributed by atoms with Crippen LogP contribution in [-0.2, 0) is 0 Å². The molecule has 1 aromatic carbocycles. The van der Waals surface area contributed by atoms with Gasteiger partial charge >= 0.3 is 0 Å². The third-order valence-corrected chi connectivity index (χ3v) is 4.28. The average molecular weight is 349 g/mol. The molecule has 5 nitrogen and oxygen atoms in total. The lowest BCUT2D eigenvalue weighted by molar-refractivity contribution is 0.0935. The summed E-state index contributed by atoms with van der Waals surface area (Å²) in [4.78, 5) is 12.3. The fourth-order valence-electron chi connectivity index (χ4n) is 2.32. The van der Waals surface area contributed by atoms with Crippen LogP contribution in [0.5, 0.6) is 0 Å². The first kappa shape index (κ1) is 14.1. The number of aromatic nitrogens is 2. The number of rotatable bonds is 4. The van der Waals surface area contributed by atoms with Gasteiger partial charge in [-0.2, -0.15) is 5.10 Å². The molecular formula is C15H17BrN4O. The van der Waals surface area contributed by atoms with Crippen LogP contribution in [0.3, 0.4) is 0 Å². The predicted octanol–water partition coefficient (Wildman–Crippen LogP) is 3.12. The molecule has 1 atom stereocenters. The average Bonchev–Trinajstić information content (AvgIpc) is 3.22. The fraction of sp³-hybridized carbons (Fsp3) is 0.333. The van der Waals surface area contributed by atoms with Gasteiger partial charge in [-0.1, -0.05) is 28.1 Å². The van der Waals surface area contributed by atoms with E-state index < -0.39 is 0 Å². The lowest BCUT2D eigenvalue weighted by Crippen LogP contribution is -2.27. The largest absolute Gasteiger partial charge is 0.395 e. The van der Waals surface area contributed by atoms with Crippen LogP contribution in [0.1, 0.15) is 53.5 Å². The zero-order valence-corrected chi connectivity index (χ0v) is 13.3. The summed E-state index contributed by atoms with van der Waals surface area (Å²) in [6, 6.07) is 7.74. The van der Waals surface area contributed by atoms with Crippen molar-refractivity contribution in [3.8, 4) is 0 Å². The van der Waals surface area contributed by atoms with Crippen molar-refractivity contribution in [3.05, 3.63) is 45.7 Å². The normalized spacial score (nSPS) is 15.7. The van der Waals surface area contributed by atoms with Gasteiger partial charge in [-0.3, -0.25) is 9.89 Å². The molecular weight excluding hydrogens is 332 g/mol. The molecule has 1 saturated carbocycles. The van der Waals surface area contributed by atoms with Crippen molar-refractivity contribution in [2.24, 2.45) is 0 Å². The first-order valence-corrected chi connectivity index (χ1v) is 7.75.